The molecule has 2 saturated heterocycles. The Bertz CT molecular complexity index is 2860. The van der Waals surface area contributed by atoms with Gasteiger partial charge in [-0.15, -0.1) is 0 Å². The zero-order valence-corrected chi connectivity index (χ0v) is 50.4. The van der Waals surface area contributed by atoms with Crippen LogP contribution in [-0.2, 0) is 62.7 Å². The van der Waals surface area contributed by atoms with Gasteiger partial charge in [0.2, 0.25) is 11.8 Å². The highest BCUT2D eigenvalue weighted by molar-refractivity contribution is 6.84. The molecular formula is C60H82N4O17Si. The Labute approximate surface area is 480 Å². The number of aliphatic hydroxyl groups excluding tert-OH is 1. The van der Waals surface area contributed by atoms with E-state index in [0.717, 1.165) is 19.4 Å². The lowest BCUT2D eigenvalue weighted by Gasteiger charge is -2.57. The number of H-pyrrole nitrogens is 1. The SMILES string of the molecule is COc1ccc(C(OC[C@]2(C(O)[Si](C(C)C)(C(C)C)C(C)C)CN(C(=O)CCCCO[C@@H]3O[C@H](COC(C)=O)[C@H](OC(C)=O)[C@H](OC(C)=O)[C@H]3NC(C)=O)C[C@H](n3cc(C)c(=O)[nH]c3=O)O2)(c2ccccc2)c2ccc(OC)cc2)cc1. The van der Waals surface area contributed by atoms with Gasteiger partial charge in [0, 0.05) is 52.5 Å². The van der Waals surface area contributed by atoms with Crippen molar-refractivity contribution >= 4 is 37.8 Å². The van der Waals surface area contributed by atoms with Crippen LogP contribution < -0.4 is 26.0 Å². The molecule has 82 heavy (non-hydrogen) atoms. The molecule has 22 heteroatoms. The van der Waals surface area contributed by atoms with Crippen LogP contribution in [0.1, 0.15) is 117 Å². The first-order valence-corrected chi connectivity index (χ1v) is 30.1. The highest BCUT2D eigenvalue weighted by Gasteiger charge is 2.61. The number of rotatable bonds is 25. The van der Waals surface area contributed by atoms with E-state index in [0.29, 0.717) is 22.6 Å². The van der Waals surface area contributed by atoms with Gasteiger partial charge in [0.15, 0.2) is 24.7 Å². The summed E-state index contributed by atoms with van der Waals surface area (Å²) in [5.41, 5.74) is -3.55. The molecule has 1 aromatic heterocycles. The van der Waals surface area contributed by atoms with Gasteiger partial charge >= 0.3 is 23.6 Å². The second-order valence-corrected chi connectivity index (χ2v) is 28.1. The Kier molecular flexibility index (Phi) is 22.1. The van der Waals surface area contributed by atoms with Crippen molar-refractivity contribution in [2.45, 2.75) is 166 Å². The zero-order chi connectivity index (χ0) is 60.3. The Balaban J connectivity index is 1.43. The summed E-state index contributed by atoms with van der Waals surface area (Å²) >= 11 is 0. The first-order valence-electron chi connectivity index (χ1n) is 27.8. The first-order chi connectivity index (χ1) is 38.8. The molecular weight excluding hydrogens is 1080 g/mol. The third-order valence-corrected chi connectivity index (χ3v) is 23.3. The molecule has 3 N–H and O–H groups in total. The summed E-state index contributed by atoms with van der Waals surface area (Å²) in [7, 11) is 0.0819. The van der Waals surface area contributed by atoms with Crippen molar-refractivity contribution in [3.8, 4) is 11.5 Å². The van der Waals surface area contributed by atoms with E-state index in [4.69, 9.17) is 42.6 Å². The van der Waals surface area contributed by atoms with Gasteiger partial charge in [-0.2, -0.15) is 0 Å². The maximum Gasteiger partial charge on any atom is 0.330 e. The summed E-state index contributed by atoms with van der Waals surface area (Å²) in [6.07, 6.45) is -4.57. The molecule has 4 aromatic rings. The molecule has 6 rings (SSSR count). The molecule has 3 heterocycles. The molecule has 0 spiro atoms. The summed E-state index contributed by atoms with van der Waals surface area (Å²) < 4.78 is 56.3. The highest BCUT2D eigenvalue weighted by atomic mass is 28.3. The third-order valence-electron chi connectivity index (χ3n) is 15.8. The van der Waals surface area contributed by atoms with Gasteiger partial charge < -0.3 is 58.0 Å². The molecule has 0 saturated carbocycles. The number of amides is 2. The van der Waals surface area contributed by atoms with Crippen molar-refractivity contribution in [2.75, 3.05) is 47.1 Å². The summed E-state index contributed by atoms with van der Waals surface area (Å²) in [6.45, 7) is 17.8. The standard InChI is InChI=1S/C60H82N4O17Si/c1-36(2)82(37(3)4,38(5)6)57(71)59(35-77-60(44-19-15-14-16-20-44,45-22-26-47(73-12)27-23-45)46-24-28-48(74-13)29-25-46)34-63(32-51(81-59)64-31-39(7)55(70)62-58(64)72)50(69)21-17-18-30-75-56-52(61-40(8)65)54(79-43(11)68)53(78-42(10)67)49(80-56)33-76-41(9)66/h14-16,19-20,22-29,31,36-38,49,51-54,56-57,71H,17-18,21,30,32-35H2,1-13H3,(H,61,65)(H,62,70,72)/t49-,51-,52-,53+,54-,56-,57?,59+/m1/s1. The number of morpholine rings is 1. The van der Waals surface area contributed by atoms with Crippen LogP contribution >= 0.6 is 0 Å². The Morgan fingerprint density at radius 3 is 1.84 bits per heavy atom. The molecule has 8 atom stereocenters. The molecule has 0 aliphatic carbocycles. The van der Waals surface area contributed by atoms with E-state index in [1.165, 1.54) is 24.6 Å². The Morgan fingerprint density at radius 2 is 1.33 bits per heavy atom. The number of hydrogen-bond donors (Lipinski definition) is 3. The average molecular weight is 1160 g/mol. The van der Waals surface area contributed by atoms with E-state index in [2.05, 4.69) is 51.8 Å². The van der Waals surface area contributed by atoms with Gasteiger partial charge in [-0.05, 0) is 77.3 Å². The minimum absolute atomic E-state index is 0.0419. The minimum atomic E-state index is -3.09. The molecule has 0 bridgehead atoms. The Morgan fingerprint density at radius 1 is 0.780 bits per heavy atom. The lowest BCUT2D eigenvalue weighted by molar-refractivity contribution is -0.277. The molecule has 0 radical (unpaired) electrons. The maximum absolute atomic E-state index is 15.2. The van der Waals surface area contributed by atoms with Gasteiger partial charge in [-0.25, -0.2) is 4.79 Å². The molecule has 2 aliphatic rings. The molecule has 21 nitrogen and oxygen atoms in total. The molecule has 448 valence electrons. The number of aromatic nitrogens is 2. The second kappa shape index (κ2) is 28.1. The van der Waals surface area contributed by atoms with Crippen LogP contribution in [0.5, 0.6) is 11.5 Å². The number of aryl methyl sites for hydroxylation is 1. The number of ether oxygens (including phenoxy) is 9. The number of carbonyl (C=O) groups is 5. The number of benzene rings is 3. The van der Waals surface area contributed by atoms with E-state index < -0.39 is 104 Å². The number of nitrogens with zero attached hydrogens (tertiary/aromatic N) is 2. The van der Waals surface area contributed by atoms with E-state index in [1.807, 2.05) is 78.9 Å². The lowest BCUT2D eigenvalue weighted by Crippen LogP contribution is -2.72. The van der Waals surface area contributed by atoms with Crippen molar-refractivity contribution in [3.05, 3.63) is 128 Å². The quantitative estimate of drug-likeness (QED) is 0.0214. The van der Waals surface area contributed by atoms with E-state index in [9.17, 15) is 33.9 Å². The predicted octanol–water partition coefficient (Wildman–Crippen LogP) is 6.39. The number of esters is 3. The van der Waals surface area contributed by atoms with Gasteiger partial charge in [-0.3, -0.25) is 38.3 Å². The number of nitrogens with one attached hydrogen (secondary N) is 2. The van der Waals surface area contributed by atoms with Crippen molar-refractivity contribution < 1.29 is 71.7 Å². The van der Waals surface area contributed by atoms with Crippen LogP contribution in [0, 0.1) is 6.92 Å². The number of unbranched alkanes of at least 4 members (excludes halogenated alkanes) is 1. The summed E-state index contributed by atoms with van der Waals surface area (Å²) in [4.78, 5) is 95.4. The lowest BCUT2D eigenvalue weighted by atomic mass is 9.79. The summed E-state index contributed by atoms with van der Waals surface area (Å²) in [5.74, 6) is -1.84. The van der Waals surface area contributed by atoms with Crippen LogP contribution in [-0.4, -0.2) is 146 Å². The minimum Gasteiger partial charge on any atom is -0.497 e. The van der Waals surface area contributed by atoms with Crippen LogP contribution in [0.4, 0.5) is 0 Å². The molecule has 1 unspecified atom stereocenters. The van der Waals surface area contributed by atoms with Gasteiger partial charge in [0.05, 0.1) is 47.7 Å². The summed E-state index contributed by atoms with van der Waals surface area (Å²) in [6, 6.07) is 23.5. The largest absolute Gasteiger partial charge is 0.497 e. The van der Waals surface area contributed by atoms with Crippen LogP contribution in [0.2, 0.25) is 16.6 Å². The topological polar surface area (TPSA) is 259 Å². The highest BCUT2D eigenvalue weighted by Crippen LogP contribution is 2.51. The van der Waals surface area contributed by atoms with Crippen molar-refractivity contribution in [2.24, 2.45) is 0 Å². The number of carbonyl (C=O) groups excluding carboxylic acids is 5. The van der Waals surface area contributed by atoms with E-state index >= 15 is 4.79 Å². The van der Waals surface area contributed by atoms with Crippen LogP contribution in [0.25, 0.3) is 0 Å². The van der Waals surface area contributed by atoms with Crippen molar-refractivity contribution in [1.29, 1.82) is 0 Å². The maximum atomic E-state index is 15.2. The number of hydrogen-bond acceptors (Lipinski definition) is 17. The smallest absolute Gasteiger partial charge is 0.330 e. The molecule has 2 fully saturated rings. The average Bonchev–Trinajstić information content (AvgIpc) is 3.50. The first kappa shape index (κ1) is 64.5. The van der Waals surface area contributed by atoms with Gasteiger partial charge in [-0.1, -0.05) is 96.1 Å². The number of aromatic amines is 1. The van der Waals surface area contributed by atoms with E-state index in [1.54, 1.807) is 26.0 Å². The third kappa shape index (κ3) is 14.4. The van der Waals surface area contributed by atoms with Crippen molar-refractivity contribution in [3.63, 3.8) is 0 Å². The fourth-order valence-electron chi connectivity index (χ4n) is 12.2. The number of methoxy groups -OCH3 is 2. The monoisotopic (exact) mass is 1160 g/mol. The van der Waals surface area contributed by atoms with Gasteiger partial charge in [0.25, 0.3) is 5.56 Å². The predicted molar refractivity (Wildman–Crippen MR) is 305 cm³/mol. The van der Waals surface area contributed by atoms with Crippen LogP contribution in [0.3, 0.4) is 0 Å². The van der Waals surface area contributed by atoms with Gasteiger partial charge in [0.1, 0.15) is 41.5 Å². The molecule has 2 aliphatic heterocycles. The van der Waals surface area contributed by atoms with E-state index in [-0.39, 0.29) is 73.7 Å². The zero-order valence-electron chi connectivity index (χ0n) is 49.4. The van der Waals surface area contributed by atoms with Crippen molar-refractivity contribution in [1.82, 2.24) is 19.8 Å². The second-order valence-electron chi connectivity index (χ2n) is 22.1. The molecule has 2 amide bonds. The fraction of sp³-hybridized carbons (Fsp3) is 0.550. The summed E-state index contributed by atoms with van der Waals surface area (Å²) in [5, 5.41) is 16.6. The Hall–Kier alpha value is -6.69. The molecule has 3 aromatic carbocycles. The van der Waals surface area contributed by atoms with Crippen LogP contribution in [0.15, 0.2) is 94.6 Å². The number of aliphatic hydroxyl groups is 1. The fourth-order valence-corrected chi connectivity index (χ4v) is 19.3. The normalized spacial score (nSPS) is 21.6.